The van der Waals surface area contributed by atoms with E-state index in [1.807, 2.05) is 18.2 Å². The molecule has 0 unspecified atom stereocenters. The third-order valence-electron chi connectivity index (χ3n) is 3.75. The van der Waals surface area contributed by atoms with Crippen LogP contribution in [0.2, 0.25) is 0 Å². The van der Waals surface area contributed by atoms with E-state index in [2.05, 4.69) is 72.6 Å². The topological polar surface area (TPSA) is 42.2 Å². The van der Waals surface area contributed by atoms with Gasteiger partial charge in [0, 0.05) is 22.8 Å². The number of anilines is 1. The first-order valence-electron chi connectivity index (χ1n) is 8.69. The first-order valence-corrected chi connectivity index (χ1v) is 10.3. The minimum atomic E-state index is -0.0561. The van der Waals surface area contributed by atoms with Crippen molar-refractivity contribution in [1.82, 2.24) is 14.4 Å². The Balaban J connectivity index is 1.73. The molecule has 6 heteroatoms. The highest BCUT2D eigenvalue weighted by Gasteiger charge is 2.21. The maximum absolute atomic E-state index is 4.89. The van der Waals surface area contributed by atoms with Gasteiger partial charge in [-0.2, -0.15) is 0 Å². The van der Waals surface area contributed by atoms with Crippen molar-refractivity contribution in [2.75, 3.05) is 5.32 Å². The fraction of sp³-hybridized carbons (Fsp3) is 0.238. The van der Waals surface area contributed by atoms with Gasteiger partial charge in [0.05, 0.1) is 9.75 Å². The number of aryl methyl sites for hydroxylation is 1. The van der Waals surface area contributed by atoms with Crippen LogP contribution in [0.5, 0.6) is 0 Å². The molecule has 0 saturated heterocycles. The SMILES string of the molecule is Cc1cn2c(NC(C)(C)C)c(-c3ccc(C#Cc4ccccn4)s3)nc2s1. The molecule has 0 radical (unpaired) electrons. The molecule has 4 aromatic heterocycles. The zero-order valence-electron chi connectivity index (χ0n) is 15.7. The van der Waals surface area contributed by atoms with Crippen molar-refractivity contribution in [2.24, 2.45) is 0 Å². The average molecular weight is 393 g/mol. The summed E-state index contributed by atoms with van der Waals surface area (Å²) in [5.74, 6) is 7.36. The van der Waals surface area contributed by atoms with E-state index in [9.17, 15) is 0 Å². The molecule has 0 amide bonds. The number of pyridine rings is 1. The van der Waals surface area contributed by atoms with Crippen molar-refractivity contribution in [3.05, 3.63) is 58.2 Å². The Morgan fingerprint density at radius 2 is 1.93 bits per heavy atom. The smallest absolute Gasteiger partial charge is 0.196 e. The number of hydrogen-bond acceptors (Lipinski definition) is 5. The lowest BCUT2D eigenvalue weighted by atomic mass is 10.1. The quantitative estimate of drug-likeness (QED) is 0.462. The second kappa shape index (κ2) is 6.84. The zero-order chi connectivity index (χ0) is 19.0. The van der Waals surface area contributed by atoms with Gasteiger partial charge in [-0.15, -0.1) is 22.7 Å². The lowest BCUT2D eigenvalue weighted by Crippen LogP contribution is -2.27. The number of fused-ring (bicyclic) bond motifs is 1. The maximum atomic E-state index is 4.89. The molecule has 27 heavy (non-hydrogen) atoms. The van der Waals surface area contributed by atoms with E-state index in [4.69, 9.17) is 4.98 Å². The average Bonchev–Trinajstić information content (AvgIpc) is 3.29. The maximum Gasteiger partial charge on any atom is 0.196 e. The summed E-state index contributed by atoms with van der Waals surface area (Å²) in [5.41, 5.74) is 1.70. The van der Waals surface area contributed by atoms with Crippen LogP contribution >= 0.6 is 22.7 Å². The summed E-state index contributed by atoms with van der Waals surface area (Å²) >= 11 is 3.36. The molecule has 0 aliphatic heterocycles. The van der Waals surface area contributed by atoms with Gasteiger partial charge in [0.25, 0.3) is 0 Å². The number of aromatic nitrogens is 3. The van der Waals surface area contributed by atoms with Gasteiger partial charge >= 0.3 is 0 Å². The second-order valence-corrected chi connectivity index (χ2v) is 9.60. The number of nitrogens with one attached hydrogen (secondary N) is 1. The number of imidazole rings is 1. The Labute approximate surface area is 166 Å². The Hall–Kier alpha value is -2.62. The standard InChI is InChI=1S/C21H20N4S2/c1-14-13-25-19(24-21(2,3)4)18(23-20(25)26-14)17-11-10-16(27-17)9-8-15-7-5-6-12-22-15/h5-7,10-13,24H,1-4H3. The van der Waals surface area contributed by atoms with E-state index < -0.39 is 0 Å². The minimum absolute atomic E-state index is 0.0561. The molecular weight excluding hydrogens is 372 g/mol. The summed E-state index contributed by atoms with van der Waals surface area (Å²) < 4.78 is 2.15. The molecular formula is C21H20N4S2. The van der Waals surface area contributed by atoms with Crippen LogP contribution in [0, 0.1) is 18.8 Å². The molecule has 4 heterocycles. The molecule has 0 fully saturated rings. The predicted molar refractivity (Wildman–Crippen MR) is 115 cm³/mol. The molecule has 0 aliphatic rings. The van der Waals surface area contributed by atoms with Gasteiger partial charge in [0.2, 0.25) is 0 Å². The van der Waals surface area contributed by atoms with Crippen molar-refractivity contribution < 1.29 is 0 Å². The summed E-state index contributed by atoms with van der Waals surface area (Å²) in [6.07, 6.45) is 3.90. The highest BCUT2D eigenvalue weighted by Crippen LogP contribution is 2.36. The van der Waals surface area contributed by atoms with Gasteiger partial charge in [0.1, 0.15) is 17.2 Å². The Morgan fingerprint density at radius 1 is 1.07 bits per heavy atom. The number of hydrogen-bond donors (Lipinski definition) is 1. The fourth-order valence-corrected chi connectivity index (χ4v) is 4.37. The van der Waals surface area contributed by atoms with Crippen LogP contribution in [0.1, 0.15) is 36.2 Å². The predicted octanol–water partition coefficient (Wildman–Crippen LogP) is 5.44. The lowest BCUT2D eigenvalue weighted by molar-refractivity contribution is 0.630. The van der Waals surface area contributed by atoms with Crippen LogP contribution in [-0.4, -0.2) is 19.9 Å². The Morgan fingerprint density at radius 3 is 2.67 bits per heavy atom. The molecule has 0 atom stereocenters. The van der Waals surface area contributed by atoms with Crippen molar-refractivity contribution in [3.63, 3.8) is 0 Å². The van der Waals surface area contributed by atoms with E-state index >= 15 is 0 Å². The van der Waals surface area contributed by atoms with Gasteiger partial charge in [-0.3, -0.25) is 4.40 Å². The van der Waals surface area contributed by atoms with Crippen molar-refractivity contribution >= 4 is 33.5 Å². The monoisotopic (exact) mass is 392 g/mol. The van der Waals surface area contributed by atoms with Gasteiger partial charge in [-0.25, -0.2) is 9.97 Å². The summed E-state index contributed by atoms with van der Waals surface area (Å²) in [5, 5.41) is 3.62. The number of nitrogens with zero attached hydrogens (tertiary/aromatic N) is 3. The van der Waals surface area contributed by atoms with Crippen LogP contribution in [0.3, 0.4) is 0 Å². The van der Waals surface area contributed by atoms with Gasteiger partial charge < -0.3 is 5.32 Å². The van der Waals surface area contributed by atoms with Gasteiger partial charge in [0.15, 0.2) is 4.96 Å². The van der Waals surface area contributed by atoms with Crippen molar-refractivity contribution in [1.29, 1.82) is 0 Å². The van der Waals surface area contributed by atoms with Crippen molar-refractivity contribution in [2.45, 2.75) is 33.2 Å². The van der Waals surface area contributed by atoms with Crippen LogP contribution in [0.25, 0.3) is 15.5 Å². The number of thiophene rings is 1. The molecule has 4 nitrogen and oxygen atoms in total. The van der Waals surface area contributed by atoms with Crippen LogP contribution in [-0.2, 0) is 0 Å². The molecule has 0 saturated carbocycles. The molecule has 136 valence electrons. The normalized spacial score (nSPS) is 11.4. The van der Waals surface area contributed by atoms with Gasteiger partial charge in [-0.1, -0.05) is 6.07 Å². The first kappa shape index (κ1) is 17.8. The molecule has 0 aliphatic carbocycles. The Kier molecular flexibility index (Phi) is 4.50. The Bertz CT molecular complexity index is 1150. The third-order valence-corrected chi connectivity index (χ3v) is 5.66. The van der Waals surface area contributed by atoms with Crippen molar-refractivity contribution in [3.8, 4) is 22.4 Å². The second-order valence-electron chi connectivity index (χ2n) is 7.31. The van der Waals surface area contributed by atoms with Crippen LogP contribution in [0.15, 0.2) is 42.7 Å². The highest BCUT2D eigenvalue weighted by atomic mass is 32.1. The molecule has 4 aromatic rings. The van der Waals surface area contributed by atoms with Gasteiger partial charge in [-0.05, 0) is 63.8 Å². The number of thiazole rings is 1. The largest absolute Gasteiger partial charge is 0.365 e. The lowest BCUT2D eigenvalue weighted by Gasteiger charge is -2.22. The van der Waals surface area contributed by atoms with E-state index in [0.717, 1.165) is 31.9 Å². The highest BCUT2D eigenvalue weighted by molar-refractivity contribution is 7.17. The van der Waals surface area contributed by atoms with Crippen LogP contribution in [0.4, 0.5) is 5.82 Å². The molecule has 0 aromatic carbocycles. The summed E-state index contributed by atoms with van der Waals surface area (Å²) in [4.78, 5) is 13.5. The zero-order valence-corrected chi connectivity index (χ0v) is 17.3. The van der Waals surface area contributed by atoms with E-state index in [0.29, 0.717) is 0 Å². The molecule has 0 bridgehead atoms. The molecule has 0 spiro atoms. The summed E-state index contributed by atoms with van der Waals surface area (Å²) in [7, 11) is 0. The fourth-order valence-electron chi connectivity index (χ4n) is 2.70. The van der Waals surface area contributed by atoms with Crippen LogP contribution < -0.4 is 5.32 Å². The van der Waals surface area contributed by atoms with E-state index in [1.165, 1.54) is 4.88 Å². The summed E-state index contributed by atoms with van der Waals surface area (Å²) in [6.45, 7) is 8.59. The van der Waals surface area contributed by atoms with E-state index in [1.54, 1.807) is 28.9 Å². The summed E-state index contributed by atoms with van der Waals surface area (Å²) in [6, 6.07) is 9.90. The first-order chi connectivity index (χ1) is 12.9. The van der Waals surface area contributed by atoms with E-state index in [-0.39, 0.29) is 5.54 Å². The number of rotatable bonds is 2. The molecule has 1 N–H and O–H groups in total. The molecule has 4 rings (SSSR count). The minimum Gasteiger partial charge on any atom is -0.365 e. The third kappa shape index (κ3) is 3.90.